The van der Waals surface area contributed by atoms with Crippen molar-refractivity contribution >= 4 is 25.8 Å². The summed E-state index contributed by atoms with van der Waals surface area (Å²) in [6.45, 7) is -0.0295. The van der Waals surface area contributed by atoms with Gasteiger partial charge in [-0.05, 0) is 18.9 Å². The van der Waals surface area contributed by atoms with Crippen molar-refractivity contribution < 1.29 is 21.6 Å². The first-order valence-electron chi connectivity index (χ1n) is 6.28. The first-order valence-corrected chi connectivity index (χ1v) is 9.89. The lowest BCUT2D eigenvalue weighted by Crippen LogP contribution is -2.30. The number of rotatable bonds is 6. The van der Waals surface area contributed by atoms with Crippen LogP contribution in [0.3, 0.4) is 0 Å². The molecule has 10 heteroatoms. The Hall–Kier alpha value is -1.39. The van der Waals surface area contributed by atoms with E-state index in [1.54, 1.807) is 4.57 Å². The lowest BCUT2D eigenvalue weighted by atomic mass is 10.4. The largest absolute Gasteiger partial charge is 0.350 e. The summed E-state index contributed by atoms with van der Waals surface area (Å²) in [5.41, 5.74) is 0.176. The predicted octanol–water partition coefficient (Wildman–Crippen LogP) is -0.755. The molecule has 0 atom stereocenters. The molecule has 1 fully saturated rings. The van der Waals surface area contributed by atoms with Gasteiger partial charge in [0.1, 0.15) is 20.4 Å². The van der Waals surface area contributed by atoms with Gasteiger partial charge in [-0.25, -0.2) is 22.0 Å². The Bertz CT molecular complexity index is 760. The van der Waals surface area contributed by atoms with Crippen molar-refractivity contribution in [2.45, 2.75) is 23.8 Å². The zero-order valence-corrected chi connectivity index (χ0v) is 13.1. The minimum atomic E-state index is -3.88. The molecule has 1 amide bonds. The third-order valence-corrected chi connectivity index (χ3v) is 4.91. The molecule has 1 heterocycles. The molecule has 3 N–H and O–H groups in total. The van der Waals surface area contributed by atoms with E-state index in [0.29, 0.717) is 0 Å². The van der Waals surface area contributed by atoms with Gasteiger partial charge in [-0.2, -0.15) is 0 Å². The molecule has 1 aromatic heterocycles. The van der Waals surface area contributed by atoms with Crippen LogP contribution in [0.4, 0.5) is 0 Å². The van der Waals surface area contributed by atoms with E-state index in [9.17, 15) is 21.6 Å². The minimum absolute atomic E-state index is 0.0295. The molecule has 21 heavy (non-hydrogen) atoms. The van der Waals surface area contributed by atoms with Gasteiger partial charge < -0.3 is 9.88 Å². The molecule has 1 saturated carbocycles. The van der Waals surface area contributed by atoms with Crippen LogP contribution in [0.15, 0.2) is 17.2 Å². The average Bonchev–Trinajstić information content (AvgIpc) is 3.04. The van der Waals surface area contributed by atoms with Gasteiger partial charge in [-0.15, -0.1) is 0 Å². The monoisotopic (exact) mass is 335 g/mol. The van der Waals surface area contributed by atoms with Crippen molar-refractivity contribution in [3.8, 4) is 0 Å². The molecular weight excluding hydrogens is 318 g/mol. The Balaban J connectivity index is 2.18. The zero-order valence-electron chi connectivity index (χ0n) is 11.4. The van der Waals surface area contributed by atoms with Gasteiger partial charge in [-0.1, -0.05) is 0 Å². The van der Waals surface area contributed by atoms with Crippen molar-refractivity contribution in [3.63, 3.8) is 0 Å². The lowest BCUT2D eigenvalue weighted by Gasteiger charge is -2.08. The zero-order chi connectivity index (χ0) is 15.8. The van der Waals surface area contributed by atoms with E-state index in [-0.39, 0.29) is 28.9 Å². The smallest absolute Gasteiger partial charge is 0.267 e. The number of primary sulfonamides is 1. The van der Waals surface area contributed by atoms with Gasteiger partial charge in [0.25, 0.3) is 5.91 Å². The van der Waals surface area contributed by atoms with Crippen LogP contribution in [0.25, 0.3) is 0 Å². The van der Waals surface area contributed by atoms with E-state index >= 15 is 0 Å². The molecule has 2 rings (SSSR count). The predicted molar refractivity (Wildman–Crippen MR) is 76.1 cm³/mol. The Morgan fingerprint density at radius 2 is 2.00 bits per heavy atom. The molecule has 118 valence electrons. The molecule has 1 aromatic rings. The number of nitrogens with two attached hydrogens (primary N) is 1. The molecule has 8 nitrogen and oxygen atoms in total. The highest BCUT2D eigenvalue weighted by molar-refractivity contribution is 7.90. The maximum Gasteiger partial charge on any atom is 0.267 e. The maximum atomic E-state index is 12.1. The first-order chi connectivity index (χ1) is 9.58. The highest BCUT2D eigenvalue weighted by Gasteiger charge is 2.29. The Morgan fingerprint density at radius 3 is 2.48 bits per heavy atom. The quantitative estimate of drug-likeness (QED) is 0.706. The van der Waals surface area contributed by atoms with Crippen LogP contribution in [0, 0.1) is 0 Å². The highest BCUT2D eigenvalue weighted by atomic mass is 32.2. The Kier molecular flexibility index (Phi) is 4.13. The summed E-state index contributed by atoms with van der Waals surface area (Å²) in [5.74, 6) is -0.689. The van der Waals surface area contributed by atoms with E-state index in [4.69, 9.17) is 5.14 Å². The summed E-state index contributed by atoms with van der Waals surface area (Å²) in [6.07, 6.45) is 4.15. The van der Waals surface area contributed by atoms with Crippen molar-refractivity contribution in [3.05, 3.63) is 18.0 Å². The van der Waals surface area contributed by atoms with Crippen molar-refractivity contribution in [2.75, 3.05) is 18.6 Å². The second-order valence-electron chi connectivity index (χ2n) is 5.13. The van der Waals surface area contributed by atoms with Gasteiger partial charge in [-0.3, -0.25) is 4.79 Å². The number of nitrogens with one attached hydrogen (secondary N) is 1. The first kappa shape index (κ1) is 16.0. The fraction of sp³-hybridized carbons (Fsp3) is 0.545. The van der Waals surface area contributed by atoms with Crippen LogP contribution in [-0.4, -0.2) is 45.9 Å². The topological polar surface area (TPSA) is 128 Å². The number of carbonyl (C=O) groups is 1. The number of hydrogen-bond donors (Lipinski definition) is 2. The van der Waals surface area contributed by atoms with E-state index in [1.165, 1.54) is 12.3 Å². The van der Waals surface area contributed by atoms with Crippen LogP contribution in [0.1, 0.15) is 29.4 Å². The number of sulfonamides is 1. The molecule has 0 spiro atoms. The molecule has 1 aliphatic carbocycles. The van der Waals surface area contributed by atoms with E-state index in [1.807, 2.05) is 0 Å². The summed E-state index contributed by atoms with van der Waals surface area (Å²) in [7, 11) is -7.06. The van der Waals surface area contributed by atoms with Crippen LogP contribution in [0.2, 0.25) is 0 Å². The van der Waals surface area contributed by atoms with Crippen LogP contribution in [0.5, 0.6) is 0 Å². The normalized spacial score (nSPS) is 15.9. The molecule has 0 unspecified atom stereocenters. The fourth-order valence-corrected chi connectivity index (χ4v) is 2.90. The third-order valence-electron chi connectivity index (χ3n) is 3.08. The van der Waals surface area contributed by atoms with Gasteiger partial charge in [0.05, 0.1) is 5.75 Å². The standard InChI is InChI=1S/C11H17N3O5S2/c1-20(16,17)5-4-13-11(15)10-6-9(21(12,18)19)7-14(10)8-2-3-8/h6-8H,2-5H2,1H3,(H,13,15)(H2,12,18,19). The van der Waals surface area contributed by atoms with E-state index < -0.39 is 25.8 Å². The minimum Gasteiger partial charge on any atom is -0.350 e. The van der Waals surface area contributed by atoms with Crippen LogP contribution < -0.4 is 10.5 Å². The second-order valence-corrected chi connectivity index (χ2v) is 8.95. The highest BCUT2D eigenvalue weighted by Crippen LogP contribution is 2.37. The maximum absolute atomic E-state index is 12.1. The van der Waals surface area contributed by atoms with E-state index in [0.717, 1.165) is 19.1 Å². The van der Waals surface area contributed by atoms with Gasteiger partial charge >= 0.3 is 0 Å². The Labute approximate surface area is 123 Å². The lowest BCUT2D eigenvalue weighted by molar-refractivity contribution is 0.0946. The van der Waals surface area contributed by atoms with Crippen LogP contribution in [-0.2, 0) is 19.9 Å². The summed E-state index contributed by atoms with van der Waals surface area (Å²) in [6, 6.07) is 1.31. The number of aromatic nitrogens is 1. The molecule has 1 aliphatic rings. The van der Waals surface area contributed by atoms with Crippen molar-refractivity contribution in [1.29, 1.82) is 0 Å². The second kappa shape index (κ2) is 5.43. The Morgan fingerprint density at radius 1 is 1.38 bits per heavy atom. The van der Waals surface area contributed by atoms with Crippen molar-refractivity contribution in [2.24, 2.45) is 5.14 Å². The molecule has 0 aliphatic heterocycles. The molecule has 0 radical (unpaired) electrons. The van der Waals surface area contributed by atoms with Gasteiger partial charge in [0.15, 0.2) is 0 Å². The number of amides is 1. The van der Waals surface area contributed by atoms with E-state index in [2.05, 4.69) is 5.32 Å². The summed E-state index contributed by atoms with van der Waals surface area (Å²) in [4.78, 5) is 11.9. The van der Waals surface area contributed by atoms with Gasteiger partial charge in [0, 0.05) is 25.0 Å². The van der Waals surface area contributed by atoms with Crippen LogP contribution >= 0.6 is 0 Å². The summed E-state index contributed by atoms with van der Waals surface area (Å²) >= 11 is 0. The molecule has 0 aromatic carbocycles. The number of nitrogens with zero attached hydrogens (tertiary/aromatic N) is 1. The number of sulfone groups is 1. The third kappa shape index (κ3) is 4.29. The summed E-state index contributed by atoms with van der Waals surface area (Å²) < 4.78 is 46.3. The average molecular weight is 335 g/mol. The summed E-state index contributed by atoms with van der Waals surface area (Å²) in [5, 5.41) is 7.53. The number of hydrogen-bond acceptors (Lipinski definition) is 5. The van der Waals surface area contributed by atoms with Gasteiger partial charge in [0.2, 0.25) is 10.0 Å². The molecular formula is C11H17N3O5S2. The SMILES string of the molecule is CS(=O)(=O)CCNC(=O)c1cc(S(N)(=O)=O)cn1C1CC1. The molecule has 0 bridgehead atoms. The number of carbonyl (C=O) groups excluding carboxylic acids is 1. The fourth-order valence-electron chi connectivity index (χ4n) is 1.89. The molecule has 0 saturated heterocycles. The van der Waals surface area contributed by atoms with Crippen molar-refractivity contribution in [1.82, 2.24) is 9.88 Å².